The van der Waals surface area contributed by atoms with Crippen molar-refractivity contribution in [3.8, 4) is 11.3 Å². The second kappa shape index (κ2) is 7.45. The molecule has 0 aliphatic rings. The molecule has 5 nitrogen and oxygen atoms in total. The monoisotopic (exact) mass is 368 g/mol. The van der Waals surface area contributed by atoms with Crippen LogP contribution in [0.15, 0.2) is 65.1 Å². The first-order valence-electron chi connectivity index (χ1n) is 7.94. The van der Waals surface area contributed by atoms with Crippen LogP contribution in [0.1, 0.15) is 26.5 Å². The third kappa shape index (κ3) is 3.78. The van der Waals surface area contributed by atoms with Crippen molar-refractivity contribution in [1.29, 1.82) is 0 Å². The number of halogens is 1. The largest absolute Gasteiger partial charge is 0.451 e. The van der Waals surface area contributed by atoms with Crippen LogP contribution in [-0.2, 0) is 6.54 Å². The van der Waals surface area contributed by atoms with E-state index in [9.17, 15) is 9.59 Å². The summed E-state index contributed by atoms with van der Waals surface area (Å²) in [4.78, 5) is 25.2. The first-order chi connectivity index (χ1) is 12.5. The Morgan fingerprint density at radius 2 is 1.73 bits per heavy atom. The molecule has 0 saturated heterocycles. The van der Waals surface area contributed by atoms with Gasteiger partial charge in [0.2, 0.25) is 5.91 Å². The smallest absolute Gasteiger partial charge is 0.289 e. The van der Waals surface area contributed by atoms with Gasteiger partial charge in [-0.15, -0.1) is 0 Å². The van der Waals surface area contributed by atoms with Crippen molar-refractivity contribution in [2.45, 2.75) is 6.54 Å². The third-order valence-electron chi connectivity index (χ3n) is 3.96. The average Bonchev–Trinajstić information content (AvgIpc) is 3.11. The zero-order chi connectivity index (χ0) is 18.7. The van der Waals surface area contributed by atoms with Gasteiger partial charge in [0, 0.05) is 24.7 Å². The second-order valence-electron chi connectivity index (χ2n) is 5.87. The molecule has 1 heterocycles. The molecule has 0 saturated carbocycles. The van der Waals surface area contributed by atoms with E-state index < -0.39 is 5.91 Å². The number of rotatable bonds is 5. The molecule has 2 N–H and O–H groups in total. The zero-order valence-electron chi connectivity index (χ0n) is 14.1. The van der Waals surface area contributed by atoms with Gasteiger partial charge >= 0.3 is 0 Å². The van der Waals surface area contributed by atoms with Gasteiger partial charge in [-0.3, -0.25) is 9.59 Å². The Hall–Kier alpha value is -3.05. The van der Waals surface area contributed by atoms with Crippen LogP contribution < -0.4 is 5.73 Å². The summed E-state index contributed by atoms with van der Waals surface area (Å²) in [7, 11) is 1.68. The molecule has 0 atom stereocenters. The van der Waals surface area contributed by atoms with Crippen LogP contribution in [-0.4, -0.2) is 23.8 Å². The minimum atomic E-state index is -0.483. The van der Waals surface area contributed by atoms with E-state index in [1.807, 2.05) is 18.2 Å². The topological polar surface area (TPSA) is 76.5 Å². The third-order valence-corrected chi connectivity index (χ3v) is 4.29. The molecule has 0 unspecified atom stereocenters. The molecule has 0 aliphatic carbocycles. The van der Waals surface area contributed by atoms with Crippen molar-refractivity contribution in [1.82, 2.24) is 4.90 Å². The van der Waals surface area contributed by atoms with Gasteiger partial charge in [-0.05, 0) is 42.0 Å². The molecule has 0 fully saturated rings. The highest BCUT2D eigenvalue weighted by atomic mass is 35.5. The zero-order valence-corrected chi connectivity index (χ0v) is 14.9. The number of carbonyl (C=O) groups excluding carboxylic acids is 2. The fraction of sp³-hybridized carbons (Fsp3) is 0.100. The van der Waals surface area contributed by atoms with E-state index in [4.69, 9.17) is 21.8 Å². The van der Waals surface area contributed by atoms with Gasteiger partial charge in [0.1, 0.15) is 5.76 Å². The van der Waals surface area contributed by atoms with E-state index in [1.165, 1.54) is 4.90 Å². The van der Waals surface area contributed by atoms with Crippen LogP contribution >= 0.6 is 11.6 Å². The van der Waals surface area contributed by atoms with Crippen LogP contribution in [0, 0.1) is 0 Å². The minimum Gasteiger partial charge on any atom is -0.451 e. The summed E-state index contributed by atoms with van der Waals surface area (Å²) in [6.07, 6.45) is 0. The van der Waals surface area contributed by atoms with Crippen molar-refractivity contribution in [3.05, 3.63) is 82.6 Å². The highest BCUT2D eigenvalue weighted by Gasteiger charge is 2.17. The first kappa shape index (κ1) is 17.8. The highest BCUT2D eigenvalue weighted by molar-refractivity contribution is 6.33. The molecule has 0 aliphatic heterocycles. The summed E-state index contributed by atoms with van der Waals surface area (Å²) in [5, 5.41) is 0.559. The molecule has 0 radical (unpaired) electrons. The molecule has 0 spiro atoms. The highest BCUT2D eigenvalue weighted by Crippen LogP contribution is 2.29. The van der Waals surface area contributed by atoms with Crippen LogP contribution in [0.4, 0.5) is 0 Å². The first-order valence-corrected chi connectivity index (χ1v) is 8.32. The Morgan fingerprint density at radius 1 is 1.04 bits per heavy atom. The minimum absolute atomic E-state index is 0.233. The molecular formula is C20H17ClN2O3. The van der Waals surface area contributed by atoms with E-state index in [0.29, 0.717) is 22.9 Å². The number of amides is 2. The van der Waals surface area contributed by atoms with E-state index in [1.54, 1.807) is 49.5 Å². The number of nitrogens with zero attached hydrogens (tertiary/aromatic N) is 1. The number of furan rings is 1. The lowest BCUT2D eigenvalue weighted by atomic mass is 10.1. The maximum absolute atomic E-state index is 12.6. The summed E-state index contributed by atoms with van der Waals surface area (Å²) in [5.74, 6) is 0.0419. The molecule has 132 valence electrons. The maximum Gasteiger partial charge on any atom is 0.289 e. The molecule has 2 amide bonds. The summed E-state index contributed by atoms with van der Waals surface area (Å²) in [5.41, 5.74) is 7.27. The number of hydrogen-bond donors (Lipinski definition) is 1. The predicted molar refractivity (Wildman–Crippen MR) is 99.9 cm³/mol. The number of carbonyl (C=O) groups is 2. The Morgan fingerprint density at radius 3 is 2.38 bits per heavy atom. The molecule has 0 bridgehead atoms. The van der Waals surface area contributed by atoms with E-state index in [2.05, 4.69) is 0 Å². The molecule has 6 heteroatoms. The number of hydrogen-bond acceptors (Lipinski definition) is 3. The van der Waals surface area contributed by atoms with Crippen molar-refractivity contribution < 1.29 is 14.0 Å². The SMILES string of the molecule is CN(Cc1ccc(C(N)=O)cc1)C(=O)c1ccc(-c2ccccc2Cl)o1. The fourth-order valence-electron chi connectivity index (χ4n) is 2.57. The average molecular weight is 369 g/mol. The molecule has 26 heavy (non-hydrogen) atoms. The van der Waals surface area contributed by atoms with Crippen molar-refractivity contribution in [2.24, 2.45) is 5.73 Å². The van der Waals surface area contributed by atoms with Gasteiger partial charge in [-0.25, -0.2) is 0 Å². The summed E-state index contributed by atoms with van der Waals surface area (Å²) in [6, 6.07) is 17.4. The summed E-state index contributed by atoms with van der Waals surface area (Å²) < 4.78 is 5.68. The van der Waals surface area contributed by atoms with Crippen molar-refractivity contribution in [3.63, 3.8) is 0 Å². The number of nitrogens with two attached hydrogens (primary N) is 1. The molecule has 2 aromatic carbocycles. The van der Waals surface area contributed by atoms with Gasteiger partial charge in [0.15, 0.2) is 5.76 Å². The van der Waals surface area contributed by atoms with Crippen LogP contribution in [0.5, 0.6) is 0 Å². The van der Waals surface area contributed by atoms with Gasteiger partial charge in [0.25, 0.3) is 5.91 Å². The molecule has 3 rings (SSSR count). The molecule has 3 aromatic rings. The van der Waals surface area contributed by atoms with E-state index in [0.717, 1.165) is 11.1 Å². The summed E-state index contributed by atoms with van der Waals surface area (Å²) >= 11 is 6.16. The lowest BCUT2D eigenvalue weighted by Gasteiger charge is -2.16. The number of benzene rings is 2. The fourth-order valence-corrected chi connectivity index (χ4v) is 2.80. The van der Waals surface area contributed by atoms with Crippen LogP contribution in [0.3, 0.4) is 0 Å². The lowest BCUT2D eigenvalue weighted by Crippen LogP contribution is -2.25. The lowest BCUT2D eigenvalue weighted by molar-refractivity contribution is 0.0754. The number of primary amides is 1. The summed E-state index contributed by atoms with van der Waals surface area (Å²) in [6.45, 7) is 0.375. The van der Waals surface area contributed by atoms with Gasteiger partial charge in [0.05, 0.1) is 5.02 Å². The van der Waals surface area contributed by atoms with Crippen LogP contribution in [0.25, 0.3) is 11.3 Å². The van der Waals surface area contributed by atoms with Crippen molar-refractivity contribution in [2.75, 3.05) is 7.05 Å². The molecular weight excluding hydrogens is 352 g/mol. The Kier molecular flexibility index (Phi) is 5.09. The van der Waals surface area contributed by atoms with Crippen molar-refractivity contribution >= 4 is 23.4 Å². The standard InChI is InChI=1S/C20H17ClN2O3/c1-23(12-13-6-8-14(9-7-13)19(22)24)20(25)18-11-10-17(26-18)15-4-2-3-5-16(15)21/h2-11H,12H2,1H3,(H2,22,24). The van der Waals surface area contributed by atoms with Gasteiger partial charge < -0.3 is 15.1 Å². The van der Waals surface area contributed by atoms with Gasteiger partial charge in [-0.1, -0.05) is 35.9 Å². The normalized spacial score (nSPS) is 10.5. The van der Waals surface area contributed by atoms with E-state index in [-0.39, 0.29) is 11.7 Å². The molecule has 1 aromatic heterocycles. The quantitative estimate of drug-likeness (QED) is 0.740. The van der Waals surface area contributed by atoms with Gasteiger partial charge in [-0.2, -0.15) is 0 Å². The van der Waals surface area contributed by atoms with E-state index >= 15 is 0 Å². The maximum atomic E-state index is 12.6. The van der Waals surface area contributed by atoms with Crippen LogP contribution in [0.2, 0.25) is 5.02 Å². The predicted octanol–water partition coefficient (Wildman–Crippen LogP) is 3.97. The second-order valence-corrected chi connectivity index (χ2v) is 6.27. The Bertz CT molecular complexity index is 948. The Labute approximate surface area is 156 Å². The Balaban J connectivity index is 1.73.